The maximum Gasteiger partial charge on any atom is 0.221 e. The molecule has 0 aliphatic heterocycles. The number of anilines is 1. The smallest absolute Gasteiger partial charge is 0.221 e. The van der Waals surface area contributed by atoms with Crippen molar-refractivity contribution in [1.29, 1.82) is 0 Å². The summed E-state index contributed by atoms with van der Waals surface area (Å²) < 4.78 is 5.37. The Morgan fingerprint density at radius 2 is 1.94 bits per heavy atom. The largest absolute Gasteiger partial charge is 0.486 e. The summed E-state index contributed by atoms with van der Waals surface area (Å²) in [6.07, 6.45) is 2.01. The first-order valence-electron chi connectivity index (χ1n) is 5.68. The number of nitrogens with one attached hydrogen (secondary N) is 1. The Bertz CT molecular complexity index is 421. The fraction of sp³-hybridized carbons (Fsp3) is 0.385. The van der Waals surface area contributed by atoms with Crippen molar-refractivity contribution in [1.82, 2.24) is 0 Å². The van der Waals surface area contributed by atoms with E-state index in [0.717, 1.165) is 18.5 Å². The molecular formula is C13H15NO3. The van der Waals surface area contributed by atoms with Gasteiger partial charge in [0.15, 0.2) is 5.78 Å². The van der Waals surface area contributed by atoms with E-state index in [1.54, 1.807) is 24.3 Å². The van der Waals surface area contributed by atoms with Gasteiger partial charge in [0.05, 0.1) is 0 Å². The first-order chi connectivity index (χ1) is 8.15. The van der Waals surface area contributed by atoms with Crippen LogP contribution in [0.4, 0.5) is 5.69 Å². The van der Waals surface area contributed by atoms with Crippen molar-refractivity contribution < 1.29 is 14.3 Å². The van der Waals surface area contributed by atoms with Crippen molar-refractivity contribution >= 4 is 17.4 Å². The molecule has 0 saturated heterocycles. The number of hydrogen-bond acceptors (Lipinski definition) is 3. The molecule has 1 fully saturated rings. The Balaban J connectivity index is 1.84. The second-order valence-electron chi connectivity index (χ2n) is 4.23. The predicted molar refractivity (Wildman–Crippen MR) is 64.0 cm³/mol. The highest BCUT2D eigenvalue weighted by molar-refractivity contribution is 5.88. The van der Waals surface area contributed by atoms with Crippen LogP contribution in [-0.2, 0) is 9.59 Å². The van der Waals surface area contributed by atoms with Crippen LogP contribution >= 0.6 is 0 Å². The summed E-state index contributed by atoms with van der Waals surface area (Å²) in [5.74, 6) is 0.945. The van der Waals surface area contributed by atoms with E-state index in [-0.39, 0.29) is 24.2 Å². The summed E-state index contributed by atoms with van der Waals surface area (Å²) in [6.45, 7) is 1.60. The monoisotopic (exact) mass is 233 g/mol. The Morgan fingerprint density at radius 3 is 2.47 bits per heavy atom. The maximum atomic E-state index is 11.4. The molecular weight excluding hydrogens is 218 g/mol. The quantitative estimate of drug-likeness (QED) is 0.846. The van der Waals surface area contributed by atoms with Gasteiger partial charge in [0.1, 0.15) is 12.4 Å². The number of carbonyl (C=O) groups excluding carboxylic acids is 2. The summed E-state index contributed by atoms with van der Waals surface area (Å²) in [4.78, 5) is 22.2. The fourth-order valence-corrected chi connectivity index (χ4v) is 1.52. The molecule has 1 aromatic carbocycles. The van der Waals surface area contributed by atoms with Crippen LogP contribution in [0.1, 0.15) is 19.8 Å². The second kappa shape index (κ2) is 4.99. The highest BCUT2D eigenvalue weighted by Crippen LogP contribution is 2.30. The lowest BCUT2D eigenvalue weighted by Crippen LogP contribution is -2.12. The van der Waals surface area contributed by atoms with E-state index < -0.39 is 0 Å². The third-order valence-electron chi connectivity index (χ3n) is 2.59. The zero-order valence-corrected chi connectivity index (χ0v) is 9.73. The van der Waals surface area contributed by atoms with Crippen LogP contribution in [0.3, 0.4) is 0 Å². The van der Waals surface area contributed by atoms with Gasteiger partial charge in [-0.15, -0.1) is 0 Å². The van der Waals surface area contributed by atoms with Gasteiger partial charge in [0.25, 0.3) is 0 Å². The van der Waals surface area contributed by atoms with Crippen molar-refractivity contribution in [3.8, 4) is 5.75 Å². The van der Waals surface area contributed by atoms with E-state index in [0.29, 0.717) is 5.75 Å². The van der Waals surface area contributed by atoms with Crippen LogP contribution in [0.5, 0.6) is 5.75 Å². The lowest BCUT2D eigenvalue weighted by molar-refractivity contribution is -0.122. The molecule has 0 bridgehead atoms. The standard InChI is InChI=1S/C13H15NO3/c1-9(15)14-11-4-6-12(7-5-11)17-8-13(16)10-2-3-10/h4-7,10H,2-3,8H2,1H3,(H,14,15). The van der Waals surface area contributed by atoms with Gasteiger partial charge in [0, 0.05) is 18.5 Å². The predicted octanol–water partition coefficient (Wildman–Crippen LogP) is 2.00. The van der Waals surface area contributed by atoms with E-state index in [1.807, 2.05) is 0 Å². The van der Waals surface area contributed by atoms with E-state index in [2.05, 4.69) is 5.32 Å². The molecule has 90 valence electrons. The molecule has 1 aliphatic rings. The van der Waals surface area contributed by atoms with Crippen molar-refractivity contribution in [3.05, 3.63) is 24.3 Å². The minimum Gasteiger partial charge on any atom is -0.486 e. The number of rotatable bonds is 5. The third kappa shape index (κ3) is 3.59. The van der Waals surface area contributed by atoms with E-state index in [4.69, 9.17) is 4.74 Å². The molecule has 4 nitrogen and oxygen atoms in total. The number of ether oxygens (including phenoxy) is 1. The van der Waals surface area contributed by atoms with E-state index in [1.165, 1.54) is 6.92 Å². The van der Waals surface area contributed by atoms with Gasteiger partial charge in [-0.3, -0.25) is 9.59 Å². The Labute approximate surface area is 100.0 Å². The average Bonchev–Trinajstić information content (AvgIpc) is 3.11. The topological polar surface area (TPSA) is 55.4 Å². The van der Waals surface area contributed by atoms with Crippen molar-refractivity contribution in [2.75, 3.05) is 11.9 Å². The van der Waals surface area contributed by atoms with Crippen LogP contribution < -0.4 is 10.1 Å². The minimum atomic E-state index is -0.109. The van der Waals surface area contributed by atoms with Crippen LogP contribution in [0, 0.1) is 5.92 Å². The van der Waals surface area contributed by atoms with Gasteiger partial charge < -0.3 is 10.1 Å². The molecule has 1 amide bonds. The zero-order valence-electron chi connectivity index (χ0n) is 9.73. The van der Waals surface area contributed by atoms with Gasteiger partial charge in [-0.1, -0.05) is 0 Å². The second-order valence-corrected chi connectivity index (χ2v) is 4.23. The molecule has 0 spiro atoms. The van der Waals surface area contributed by atoms with Crippen molar-refractivity contribution in [2.45, 2.75) is 19.8 Å². The molecule has 0 unspecified atom stereocenters. The molecule has 0 heterocycles. The molecule has 17 heavy (non-hydrogen) atoms. The summed E-state index contributed by atoms with van der Waals surface area (Å²) in [5.41, 5.74) is 0.721. The molecule has 0 atom stereocenters. The summed E-state index contributed by atoms with van der Waals surface area (Å²) in [6, 6.07) is 6.98. The maximum absolute atomic E-state index is 11.4. The highest BCUT2D eigenvalue weighted by atomic mass is 16.5. The fourth-order valence-electron chi connectivity index (χ4n) is 1.52. The van der Waals surface area contributed by atoms with Gasteiger partial charge in [0.2, 0.25) is 5.91 Å². The lowest BCUT2D eigenvalue weighted by atomic mass is 10.3. The number of carbonyl (C=O) groups is 2. The third-order valence-corrected chi connectivity index (χ3v) is 2.59. The normalized spacial score (nSPS) is 14.2. The van der Waals surface area contributed by atoms with Crippen LogP contribution in [0.25, 0.3) is 0 Å². The van der Waals surface area contributed by atoms with Crippen LogP contribution in [-0.4, -0.2) is 18.3 Å². The summed E-state index contributed by atoms with van der Waals surface area (Å²) in [5, 5.41) is 2.66. The Hall–Kier alpha value is -1.84. The molecule has 1 aromatic rings. The van der Waals surface area contributed by atoms with Crippen molar-refractivity contribution in [2.24, 2.45) is 5.92 Å². The summed E-state index contributed by atoms with van der Waals surface area (Å²) in [7, 11) is 0. The zero-order chi connectivity index (χ0) is 12.3. The number of amides is 1. The lowest BCUT2D eigenvalue weighted by Gasteiger charge is -2.06. The number of Topliss-reactive ketones (excluding diaryl/α,β-unsaturated/α-hetero) is 1. The Morgan fingerprint density at radius 1 is 1.29 bits per heavy atom. The molecule has 0 aromatic heterocycles. The van der Waals surface area contributed by atoms with Crippen LogP contribution in [0.15, 0.2) is 24.3 Å². The number of ketones is 1. The minimum absolute atomic E-state index is 0.109. The Kier molecular flexibility index (Phi) is 3.42. The van der Waals surface area contributed by atoms with E-state index >= 15 is 0 Å². The van der Waals surface area contributed by atoms with Gasteiger partial charge in [-0.25, -0.2) is 0 Å². The molecule has 4 heteroatoms. The SMILES string of the molecule is CC(=O)Nc1ccc(OCC(=O)C2CC2)cc1. The van der Waals surface area contributed by atoms with Crippen molar-refractivity contribution in [3.63, 3.8) is 0 Å². The number of hydrogen-bond donors (Lipinski definition) is 1. The van der Waals surface area contributed by atoms with E-state index in [9.17, 15) is 9.59 Å². The highest BCUT2D eigenvalue weighted by Gasteiger charge is 2.29. The molecule has 1 saturated carbocycles. The summed E-state index contributed by atoms with van der Waals surface area (Å²) >= 11 is 0. The average molecular weight is 233 g/mol. The molecule has 2 rings (SSSR count). The van der Waals surface area contributed by atoms with Crippen LogP contribution in [0.2, 0.25) is 0 Å². The molecule has 1 aliphatic carbocycles. The first kappa shape index (κ1) is 11.6. The first-order valence-corrected chi connectivity index (χ1v) is 5.68. The van der Waals surface area contributed by atoms with Gasteiger partial charge in [-0.05, 0) is 37.1 Å². The van der Waals surface area contributed by atoms with Gasteiger partial charge in [-0.2, -0.15) is 0 Å². The van der Waals surface area contributed by atoms with Gasteiger partial charge >= 0.3 is 0 Å². The molecule has 1 N–H and O–H groups in total. The molecule has 0 radical (unpaired) electrons. The number of benzene rings is 1.